The molecular formula is C27H24ClN3O3. The van der Waals surface area contributed by atoms with Gasteiger partial charge in [-0.3, -0.25) is 9.78 Å². The van der Waals surface area contributed by atoms with Crippen LogP contribution in [0, 0.1) is 0 Å². The van der Waals surface area contributed by atoms with Crippen LogP contribution in [0.1, 0.15) is 11.1 Å². The predicted molar refractivity (Wildman–Crippen MR) is 133 cm³/mol. The van der Waals surface area contributed by atoms with Crippen molar-refractivity contribution in [2.45, 2.75) is 12.8 Å². The van der Waals surface area contributed by atoms with Gasteiger partial charge >= 0.3 is 0 Å². The highest BCUT2D eigenvalue weighted by Crippen LogP contribution is 2.26. The zero-order valence-electron chi connectivity index (χ0n) is 18.6. The lowest BCUT2D eigenvalue weighted by Gasteiger charge is -2.27. The average molecular weight is 474 g/mol. The second-order valence-corrected chi connectivity index (χ2v) is 8.68. The third kappa shape index (κ3) is 5.53. The van der Waals surface area contributed by atoms with Gasteiger partial charge in [-0.05, 0) is 47.5 Å². The summed E-state index contributed by atoms with van der Waals surface area (Å²) < 4.78 is 11.5. The van der Waals surface area contributed by atoms with Crippen LogP contribution in [0.25, 0.3) is 11.0 Å². The molecule has 0 N–H and O–H groups in total. The standard InChI is InChI=1S/C27H24ClN3O3/c28-21-3-1-2-20(14-21)16-22(32)15-19-4-6-23(7-5-19)34-24-8-9-25-26(17-24)30-27(18-29-25)31-10-12-33-13-11-31/h1-9,14,17-18H,10-13,15-16H2. The van der Waals surface area contributed by atoms with Crippen LogP contribution in [0.2, 0.25) is 5.02 Å². The molecule has 6 nitrogen and oxygen atoms in total. The predicted octanol–water partition coefficient (Wildman–Crippen LogP) is 5.27. The molecule has 172 valence electrons. The van der Waals surface area contributed by atoms with E-state index in [0.717, 1.165) is 41.1 Å². The van der Waals surface area contributed by atoms with Crippen molar-refractivity contribution in [3.05, 3.63) is 89.1 Å². The smallest absolute Gasteiger partial charge is 0.148 e. The fourth-order valence-corrected chi connectivity index (χ4v) is 4.18. The Balaban J connectivity index is 1.24. The van der Waals surface area contributed by atoms with Crippen molar-refractivity contribution in [1.29, 1.82) is 0 Å². The van der Waals surface area contributed by atoms with Crippen molar-refractivity contribution in [1.82, 2.24) is 9.97 Å². The quantitative estimate of drug-likeness (QED) is 0.364. The second-order valence-electron chi connectivity index (χ2n) is 8.25. The van der Waals surface area contributed by atoms with Crippen molar-refractivity contribution in [2.24, 2.45) is 0 Å². The van der Waals surface area contributed by atoms with Gasteiger partial charge in [0.2, 0.25) is 0 Å². The summed E-state index contributed by atoms with van der Waals surface area (Å²) in [6, 6.07) is 20.7. The highest BCUT2D eigenvalue weighted by atomic mass is 35.5. The van der Waals surface area contributed by atoms with Crippen molar-refractivity contribution in [3.8, 4) is 11.5 Å². The van der Waals surface area contributed by atoms with Gasteiger partial charge in [0.25, 0.3) is 0 Å². The van der Waals surface area contributed by atoms with E-state index < -0.39 is 0 Å². The van der Waals surface area contributed by atoms with Crippen LogP contribution in [-0.4, -0.2) is 42.1 Å². The molecule has 1 aliphatic rings. The SMILES string of the molecule is O=C(Cc1ccc(Oc2ccc3ncc(N4CCOCC4)nc3c2)cc1)Cc1cccc(Cl)c1. The van der Waals surface area contributed by atoms with E-state index in [1.165, 1.54) is 0 Å². The lowest BCUT2D eigenvalue weighted by molar-refractivity contribution is -0.117. The van der Waals surface area contributed by atoms with Gasteiger partial charge < -0.3 is 14.4 Å². The topological polar surface area (TPSA) is 64.5 Å². The Morgan fingerprint density at radius 1 is 0.912 bits per heavy atom. The maximum atomic E-state index is 12.4. The van der Waals surface area contributed by atoms with Crippen LogP contribution in [-0.2, 0) is 22.4 Å². The highest BCUT2D eigenvalue weighted by Gasteiger charge is 2.14. The summed E-state index contributed by atoms with van der Waals surface area (Å²) in [4.78, 5) is 23.9. The molecule has 1 aromatic heterocycles. The third-order valence-corrected chi connectivity index (χ3v) is 5.92. The average Bonchev–Trinajstić information content (AvgIpc) is 2.85. The molecule has 0 spiro atoms. The molecule has 7 heteroatoms. The maximum Gasteiger partial charge on any atom is 0.148 e. The van der Waals surface area contributed by atoms with Crippen LogP contribution < -0.4 is 9.64 Å². The van der Waals surface area contributed by atoms with Gasteiger partial charge in [0.1, 0.15) is 23.1 Å². The number of benzene rings is 3. The van der Waals surface area contributed by atoms with E-state index >= 15 is 0 Å². The van der Waals surface area contributed by atoms with Gasteiger partial charge in [-0.1, -0.05) is 35.9 Å². The normalized spacial score (nSPS) is 13.7. The number of Topliss-reactive ketones (excluding diaryl/α,β-unsaturated/α-hetero) is 1. The van der Waals surface area contributed by atoms with Gasteiger partial charge in [0.15, 0.2) is 0 Å². The van der Waals surface area contributed by atoms with E-state index in [1.807, 2.05) is 60.7 Å². The van der Waals surface area contributed by atoms with Gasteiger partial charge in [-0.15, -0.1) is 0 Å². The number of nitrogens with zero attached hydrogens (tertiary/aromatic N) is 3. The summed E-state index contributed by atoms with van der Waals surface area (Å²) in [5.74, 6) is 2.37. The molecule has 5 rings (SSSR count). The Labute approximate surface area is 203 Å². The zero-order chi connectivity index (χ0) is 23.3. The van der Waals surface area contributed by atoms with Gasteiger partial charge in [-0.25, -0.2) is 4.98 Å². The summed E-state index contributed by atoms with van der Waals surface area (Å²) in [5, 5.41) is 0.642. The molecule has 1 fully saturated rings. The van der Waals surface area contributed by atoms with E-state index in [2.05, 4.69) is 9.88 Å². The van der Waals surface area contributed by atoms with Crippen LogP contribution in [0.3, 0.4) is 0 Å². The summed E-state index contributed by atoms with van der Waals surface area (Å²) in [6.45, 7) is 3.02. The van der Waals surface area contributed by atoms with Crippen LogP contribution in [0.4, 0.5) is 5.82 Å². The number of carbonyl (C=O) groups excluding carboxylic acids is 1. The first-order valence-corrected chi connectivity index (χ1v) is 11.6. The number of hydrogen-bond donors (Lipinski definition) is 0. The summed E-state index contributed by atoms with van der Waals surface area (Å²) in [6.07, 6.45) is 2.53. The number of hydrogen-bond acceptors (Lipinski definition) is 6. The minimum atomic E-state index is 0.139. The van der Waals surface area contributed by atoms with Crippen molar-refractivity contribution >= 4 is 34.2 Å². The Morgan fingerprint density at radius 3 is 2.47 bits per heavy atom. The van der Waals surface area contributed by atoms with E-state index in [9.17, 15) is 4.79 Å². The molecule has 3 aromatic carbocycles. The number of fused-ring (bicyclic) bond motifs is 1. The fourth-order valence-electron chi connectivity index (χ4n) is 3.97. The molecule has 1 saturated heterocycles. The van der Waals surface area contributed by atoms with E-state index in [0.29, 0.717) is 42.6 Å². The zero-order valence-corrected chi connectivity index (χ0v) is 19.4. The molecular weight excluding hydrogens is 450 g/mol. The molecule has 0 amide bonds. The van der Waals surface area contributed by atoms with Crippen LogP contribution in [0.15, 0.2) is 72.9 Å². The first-order valence-electron chi connectivity index (χ1n) is 11.2. The van der Waals surface area contributed by atoms with E-state index in [1.54, 1.807) is 12.3 Å². The number of aromatic nitrogens is 2. The number of ether oxygens (including phenoxy) is 2. The highest BCUT2D eigenvalue weighted by molar-refractivity contribution is 6.30. The number of rotatable bonds is 7. The molecule has 0 unspecified atom stereocenters. The maximum absolute atomic E-state index is 12.4. The molecule has 0 saturated carbocycles. The van der Waals surface area contributed by atoms with Crippen LogP contribution >= 0.6 is 11.6 Å². The molecule has 0 bridgehead atoms. The number of anilines is 1. The molecule has 4 aromatic rings. The molecule has 0 radical (unpaired) electrons. The molecule has 34 heavy (non-hydrogen) atoms. The summed E-state index contributed by atoms with van der Waals surface area (Å²) in [7, 11) is 0. The van der Waals surface area contributed by atoms with Gasteiger partial charge in [0, 0.05) is 37.0 Å². The fraction of sp³-hybridized carbons (Fsp3) is 0.222. The first kappa shape index (κ1) is 22.3. The van der Waals surface area contributed by atoms with Crippen molar-refractivity contribution in [3.63, 3.8) is 0 Å². The Morgan fingerprint density at radius 2 is 1.68 bits per heavy atom. The van der Waals surface area contributed by atoms with Gasteiger partial charge in [-0.2, -0.15) is 0 Å². The molecule has 2 heterocycles. The molecule has 1 aliphatic heterocycles. The van der Waals surface area contributed by atoms with Gasteiger partial charge in [0.05, 0.1) is 30.4 Å². The van der Waals surface area contributed by atoms with Crippen LogP contribution in [0.5, 0.6) is 11.5 Å². The molecule has 0 atom stereocenters. The number of morpholine rings is 1. The Hall–Kier alpha value is -3.48. The number of ketones is 1. The first-order chi connectivity index (χ1) is 16.6. The lowest BCUT2D eigenvalue weighted by atomic mass is 10.0. The third-order valence-electron chi connectivity index (χ3n) is 5.69. The van der Waals surface area contributed by atoms with E-state index in [4.69, 9.17) is 26.1 Å². The minimum absolute atomic E-state index is 0.139. The largest absolute Gasteiger partial charge is 0.457 e. The monoisotopic (exact) mass is 473 g/mol. The Bertz CT molecular complexity index is 1300. The number of halogens is 1. The minimum Gasteiger partial charge on any atom is -0.457 e. The molecule has 0 aliphatic carbocycles. The summed E-state index contributed by atoms with van der Waals surface area (Å²) >= 11 is 6.01. The van der Waals surface area contributed by atoms with Crippen molar-refractivity contribution in [2.75, 3.05) is 31.2 Å². The Kier molecular flexibility index (Phi) is 6.70. The van der Waals surface area contributed by atoms with Crippen molar-refractivity contribution < 1.29 is 14.3 Å². The number of carbonyl (C=O) groups is 1. The van der Waals surface area contributed by atoms with E-state index in [-0.39, 0.29) is 5.78 Å². The lowest BCUT2D eigenvalue weighted by Crippen LogP contribution is -2.36. The second kappa shape index (κ2) is 10.2. The summed E-state index contributed by atoms with van der Waals surface area (Å²) in [5.41, 5.74) is 3.47.